The lowest BCUT2D eigenvalue weighted by Gasteiger charge is -2.23. The first-order valence-corrected chi connectivity index (χ1v) is 18.4. The number of phenols is 2. The molecule has 44 heavy (non-hydrogen) atoms. The summed E-state index contributed by atoms with van der Waals surface area (Å²) in [7, 11) is -6.69. The number of fused-ring (bicyclic) bond motifs is 2. The Bertz CT molecular complexity index is 1480. The van der Waals surface area contributed by atoms with Crippen molar-refractivity contribution in [3.8, 4) is 11.5 Å². The molecule has 0 unspecified atom stereocenters. The molecule has 10 heteroatoms. The van der Waals surface area contributed by atoms with Gasteiger partial charge in [-0.1, -0.05) is 60.7 Å². The topological polar surface area (TPSA) is 112 Å². The Balaban J connectivity index is 0.000000240. The van der Waals surface area contributed by atoms with Crippen molar-refractivity contribution in [1.82, 2.24) is 0 Å². The minimum absolute atomic E-state index is 0.0521. The summed E-state index contributed by atoms with van der Waals surface area (Å²) in [5.41, 5.74) is 1.20. The first-order chi connectivity index (χ1) is 20.6. The molecule has 0 radical (unpaired) electrons. The Labute approximate surface area is 261 Å². The summed E-state index contributed by atoms with van der Waals surface area (Å²) >= 11 is 0. The monoisotopic (exact) mass is 644 g/mol. The van der Waals surface area contributed by atoms with Crippen molar-refractivity contribution in [2.24, 2.45) is 0 Å². The molecule has 0 aliphatic carbocycles. The zero-order valence-electron chi connectivity index (χ0n) is 26.9. The van der Waals surface area contributed by atoms with Crippen LogP contribution in [-0.2, 0) is 39.5 Å². The maximum Gasteiger partial charge on any atom is 0.335 e. The fraction of sp³-hybridized carbons (Fsp3) is 0.412. The summed E-state index contributed by atoms with van der Waals surface area (Å²) in [6.45, 7) is 14.5. The molecule has 8 nitrogen and oxygen atoms in total. The van der Waals surface area contributed by atoms with Gasteiger partial charge in [0.2, 0.25) is 0 Å². The summed E-state index contributed by atoms with van der Waals surface area (Å²) in [4.78, 5) is 0. The van der Waals surface area contributed by atoms with Crippen molar-refractivity contribution in [3.63, 3.8) is 0 Å². The lowest BCUT2D eigenvalue weighted by atomic mass is 10.0. The van der Waals surface area contributed by atoms with Crippen molar-refractivity contribution in [1.29, 1.82) is 0 Å². The van der Waals surface area contributed by atoms with Gasteiger partial charge in [0.1, 0.15) is 11.5 Å². The van der Waals surface area contributed by atoms with E-state index in [0.29, 0.717) is 11.1 Å². The number of hydrogen-bond acceptors (Lipinski definition) is 8. The highest BCUT2D eigenvalue weighted by molar-refractivity contribution is 7.53. The lowest BCUT2D eigenvalue weighted by Crippen LogP contribution is -2.09. The van der Waals surface area contributed by atoms with Crippen LogP contribution in [-0.4, -0.2) is 34.6 Å². The second kappa shape index (κ2) is 15.5. The van der Waals surface area contributed by atoms with E-state index in [9.17, 15) is 19.3 Å². The standard InChI is InChI=1S/2C17H23O4P/c2*1-12(2)20-22(19,21-13(3)4)11-16-15-8-6-5-7-14(15)9-10-17(16)18/h2*5-10,12-13,18H,11H2,1-4H3. The maximum absolute atomic E-state index is 13.0. The van der Waals surface area contributed by atoms with Gasteiger partial charge < -0.3 is 28.3 Å². The van der Waals surface area contributed by atoms with Gasteiger partial charge in [-0.2, -0.15) is 0 Å². The molecule has 0 atom stereocenters. The highest BCUT2D eigenvalue weighted by Gasteiger charge is 2.31. The third kappa shape index (κ3) is 10.2. The van der Waals surface area contributed by atoms with E-state index in [0.717, 1.165) is 21.5 Å². The SMILES string of the molecule is CC(C)OP(=O)(Cc1c(O)ccc2ccccc12)OC(C)C.CC(C)OP(=O)(Cc1c(O)ccc2ccccc12)OC(C)C. The van der Waals surface area contributed by atoms with E-state index < -0.39 is 15.2 Å². The molecule has 0 heterocycles. The van der Waals surface area contributed by atoms with Gasteiger partial charge in [0.05, 0.1) is 36.7 Å². The van der Waals surface area contributed by atoms with E-state index >= 15 is 0 Å². The second-order valence-electron chi connectivity index (χ2n) is 11.7. The van der Waals surface area contributed by atoms with Gasteiger partial charge in [0.25, 0.3) is 0 Å². The maximum atomic E-state index is 13.0. The number of aromatic hydroxyl groups is 2. The van der Waals surface area contributed by atoms with Crippen LogP contribution in [0.3, 0.4) is 0 Å². The van der Waals surface area contributed by atoms with Crippen LogP contribution in [0.1, 0.15) is 66.5 Å². The Hall–Kier alpha value is -2.70. The molecular weight excluding hydrogens is 598 g/mol. The molecule has 4 rings (SSSR count). The minimum Gasteiger partial charge on any atom is -0.508 e. The van der Waals surface area contributed by atoms with Gasteiger partial charge in [-0.15, -0.1) is 0 Å². The van der Waals surface area contributed by atoms with Crippen molar-refractivity contribution < 1.29 is 37.4 Å². The predicted octanol–water partition coefficient (Wildman–Crippen LogP) is 10.2. The summed E-state index contributed by atoms with van der Waals surface area (Å²) in [5, 5.41) is 24.1. The first-order valence-electron chi connectivity index (χ1n) is 14.9. The van der Waals surface area contributed by atoms with Crippen molar-refractivity contribution in [2.45, 2.75) is 92.1 Å². The van der Waals surface area contributed by atoms with Crippen LogP contribution in [0.4, 0.5) is 0 Å². The Morgan fingerprint density at radius 3 is 1.09 bits per heavy atom. The summed E-state index contributed by atoms with van der Waals surface area (Å²) in [6.07, 6.45) is -0.778. The van der Waals surface area contributed by atoms with Crippen LogP contribution >= 0.6 is 15.2 Å². The highest BCUT2D eigenvalue weighted by atomic mass is 31.2. The molecular formula is C34H46O8P2. The summed E-state index contributed by atoms with van der Waals surface area (Å²) in [5.74, 6) is 0.220. The Morgan fingerprint density at radius 1 is 0.500 bits per heavy atom. The summed E-state index contributed by atoms with van der Waals surface area (Å²) in [6, 6.07) is 22.3. The van der Waals surface area contributed by atoms with Gasteiger partial charge in [-0.25, -0.2) is 0 Å². The number of benzene rings is 4. The fourth-order valence-corrected chi connectivity index (χ4v) is 9.26. The molecule has 0 fully saturated rings. The minimum atomic E-state index is -3.34. The molecule has 0 amide bonds. The number of phenolic OH excluding ortho intramolecular Hbond substituents is 2. The zero-order valence-corrected chi connectivity index (χ0v) is 28.7. The van der Waals surface area contributed by atoms with E-state index in [4.69, 9.17) is 18.1 Å². The van der Waals surface area contributed by atoms with E-state index in [2.05, 4.69) is 0 Å². The Kier molecular flexibility index (Phi) is 12.6. The normalized spacial score (nSPS) is 12.5. The molecule has 0 bridgehead atoms. The average molecular weight is 645 g/mol. The molecule has 4 aromatic rings. The number of hydrogen-bond donors (Lipinski definition) is 2. The molecule has 0 aromatic heterocycles. The van der Waals surface area contributed by atoms with Crippen LogP contribution in [0, 0.1) is 0 Å². The van der Waals surface area contributed by atoms with E-state index in [1.807, 2.05) is 116 Å². The smallest absolute Gasteiger partial charge is 0.335 e. The summed E-state index contributed by atoms with van der Waals surface area (Å²) < 4.78 is 48.4. The van der Waals surface area contributed by atoms with Gasteiger partial charge in [0.15, 0.2) is 0 Å². The van der Waals surface area contributed by atoms with Gasteiger partial charge in [0, 0.05) is 11.1 Å². The van der Waals surface area contributed by atoms with Crippen LogP contribution in [0.5, 0.6) is 11.5 Å². The lowest BCUT2D eigenvalue weighted by molar-refractivity contribution is 0.140. The quantitative estimate of drug-likeness (QED) is 0.147. The Morgan fingerprint density at radius 2 is 0.795 bits per heavy atom. The fourth-order valence-electron chi connectivity index (χ4n) is 4.85. The van der Waals surface area contributed by atoms with E-state index in [1.54, 1.807) is 12.1 Å². The number of rotatable bonds is 12. The van der Waals surface area contributed by atoms with Crippen LogP contribution in [0.15, 0.2) is 72.8 Å². The molecule has 0 spiro atoms. The van der Waals surface area contributed by atoms with Crippen molar-refractivity contribution in [2.75, 3.05) is 0 Å². The van der Waals surface area contributed by atoms with Gasteiger partial charge in [-0.3, -0.25) is 9.13 Å². The van der Waals surface area contributed by atoms with Gasteiger partial charge >= 0.3 is 15.2 Å². The molecule has 0 saturated carbocycles. The van der Waals surface area contributed by atoms with Crippen molar-refractivity contribution >= 4 is 36.7 Å². The van der Waals surface area contributed by atoms with E-state index in [1.165, 1.54) is 0 Å². The average Bonchev–Trinajstić information content (AvgIpc) is 2.90. The molecule has 0 aliphatic rings. The van der Waals surface area contributed by atoms with Crippen LogP contribution < -0.4 is 0 Å². The molecule has 4 aromatic carbocycles. The zero-order chi connectivity index (χ0) is 32.7. The van der Waals surface area contributed by atoms with Crippen LogP contribution in [0.25, 0.3) is 21.5 Å². The first kappa shape index (κ1) is 35.8. The molecule has 0 aliphatic heterocycles. The third-order valence-corrected chi connectivity index (χ3v) is 10.6. The highest BCUT2D eigenvalue weighted by Crippen LogP contribution is 2.56. The van der Waals surface area contributed by atoms with Crippen molar-refractivity contribution in [3.05, 3.63) is 83.9 Å². The predicted molar refractivity (Wildman–Crippen MR) is 179 cm³/mol. The van der Waals surface area contributed by atoms with Crippen LogP contribution in [0.2, 0.25) is 0 Å². The third-order valence-electron chi connectivity index (χ3n) is 6.22. The molecule has 2 N–H and O–H groups in total. The second-order valence-corrected chi connectivity index (χ2v) is 15.6. The van der Waals surface area contributed by atoms with Gasteiger partial charge in [-0.05, 0) is 89.1 Å². The molecule has 240 valence electrons. The van der Waals surface area contributed by atoms with E-state index in [-0.39, 0.29) is 48.2 Å². The largest absolute Gasteiger partial charge is 0.508 e. The molecule has 0 saturated heterocycles.